The molecule has 0 spiro atoms. The number of unbranched alkanes of at least 4 members (excludes halogenated alkanes) is 49. The zero-order valence-electron chi connectivity index (χ0n) is 47.1. The van der Waals surface area contributed by atoms with Crippen molar-refractivity contribution in [3.63, 3.8) is 0 Å². The van der Waals surface area contributed by atoms with Crippen LogP contribution in [0.15, 0.2) is 0 Å². The Labute approximate surface area is 432 Å². The van der Waals surface area contributed by atoms with Crippen LogP contribution in [0.3, 0.4) is 0 Å². The summed E-state index contributed by atoms with van der Waals surface area (Å²) >= 11 is 0. The van der Waals surface area contributed by atoms with E-state index in [0.29, 0.717) is 25.9 Å². The minimum Gasteiger partial charge on any atom is -0.466 e. The molecule has 0 aromatic carbocycles. The fourth-order valence-corrected chi connectivity index (χ4v) is 10.3. The highest BCUT2D eigenvalue weighted by Crippen LogP contribution is 2.19. The zero-order chi connectivity index (χ0) is 50.0. The molecule has 2 atom stereocenters. The summed E-state index contributed by atoms with van der Waals surface area (Å²) in [6.07, 6.45) is 69.7. The molecular weight excluding hydrogens is 851 g/mol. The average Bonchev–Trinajstić information content (AvgIpc) is 3.35. The van der Waals surface area contributed by atoms with Crippen molar-refractivity contribution in [1.82, 2.24) is 5.32 Å². The Bertz CT molecular complexity index is 990. The normalized spacial score (nSPS) is 12.5. The van der Waals surface area contributed by atoms with Gasteiger partial charge in [0.15, 0.2) is 0 Å². The van der Waals surface area contributed by atoms with Crippen molar-refractivity contribution in [3.8, 4) is 0 Å². The summed E-state index contributed by atoms with van der Waals surface area (Å²) in [6.45, 7) is 4.98. The SMILES string of the molecule is CCCCCCCCCCCCCCCCCCCCC(=O)OCCCCCCCCCCCCCCCCCCCCC(=O)NC(CO)C(O)CCCCCCCCCCCCCCCCCC. The van der Waals surface area contributed by atoms with Gasteiger partial charge >= 0.3 is 5.97 Å². The standard InChI is InChI=1S/C63H125NO5/c1-3-5-7-9-11-13-15-17-19-21-25-29-33-37-41-45-49-53-57-63(68)69-58-54-50-46-42-38-34-30-26-23-22-24-28-32-36-40-44-48-52-56-62(67)64-60(59-65)61(66)55-51-47-43-39-35-31-27-20-18-16-14-12-10-8-6-4-2/h60-61,65-66H,3-59H2,1-2H3,(H,64,67). The van der Waals surface area contributed by atoms with Crippen LogP contribution in [-0.4, -0.2) is 47.4 Å². The molecule has 0 fully saturated rings. The van der Waals surface area contributed by atoms with Crippen molar-refractivity contribution in [3.05, 3.63) is 0 Å². The van der Waals surface area contributed by atoms with Gasteiger partial charge in [0.25, 0.3) is 0 Å². The molecule has 6 nitrogen and oxygen atoms in total. The van der Waals surface area contributed by atoms with Gasteiger partial charge in [0.2, 0.25) is 5.91 Å². The summed E-state index contributed by atoms with van der Waals surface area (Å²) in [4.78, 5) is 24.6. The van der Waals surface area contributed by atoms with E-state index in [-0.39, 0.29) is 18.5 Å². The molecule has 1 amide bonds. The summed E-state index contributed by atoms with van der Waals surface area (Å²) < 4.78 is 5.50. The van der Waals surface area contributed by atoms with Crippen molar-refractivity contribution >= 4 is 11.9 Å². The summed E-state index contributed by atoms with van der Waals surface area (Å²) in [5.41, 5.74) is 0. The zero-order valence-corrected chi connectivity index (χ0v) is 47.1. The number of nitrogens with one attached hydrogen (secondary N) is 1. The topological polar surface area (TPSA) is 95.9 Å². The fraction of sp³-hybridized carbons (Fsp3) is 0.968. The summed E-state index contributed by atoms with van der Waals surface area (Å²) in [7, 11) is 0. The first kappa shape index (κ1) is 67.9. The minimum absolute atomic E-state index is 0.0130. The van der Waals surface area contributed by atoms with Crippen molar-refractivity contribution in [2.45, 2.75) is 379 Å². The van der Waals surface area contributed by atoms with E-state index in [1.165, 1.54) is 295 Å². The number of carbonyl (C=O) groups is 2. The lowest BCUT2D eigenvalue weighted by Gasteiger charge is -2.22. The van der Waals surface area contributed by atoms with Crippen LogP contribution in [0.25, 0.3) is 0 Å². The molecule has 0 aliphatic rings. The number of hydrogen-bond donors (Lipinski definition) is 3. The monoisotopic (exact) mass is 976 g/mol. The van der Waals surface area contributed by atoms with Gasteiger partial charge in [-0.3, -0.25) is 9.59 Å². The average molecular weight is 977 g/mol. The molecule has 0 radical (unpaired) electrons. The third kappa shape index (κ3) is 56.0. The molecule has 0 heterocycles. The predicted molar refractivity (Wildman–Crippen MR) is 301 cm³/mol. The second-order valence-electron chi connectivity index (χ2n) is 22.1. The molecule has 0 aromatic heterocycles. The third-order valence-corrected chi connectivity index (χ3v) is 15.2. The molecule has 69 heavy (non-hydrogen) atoms. The van der Waals surface area contributed by atoms with Crippen molar-refractivity contribution in [1.29, 1.82) is 0 Å². The molecule has 0 saturated carbocycles. The Balaban J connectivity index is 3.37. The molecule has 2 unspecified atom stereocenters. The Morgan fingerprint density at radius 3 is 0.884 bits per heavy atom. The number of carbonyl (C=O) groups excluding carboxylic acids is 2. The van der Waals surface area contributed by atoms with E-state index in [4.69, 9.17) is 4.74 Å². The van der Waals surface area contributed by atoms with E-state index in [1.54, 1.807) is 0 Å². The van der Waals surface area contributed by atoms with Crippen LogP contribution in [0, 0.1) is 0 Å². The van der Waals surface area contributed by atoms with Gasteiger partial charge in [-0.15, -0.1) is 0 Å². The Morgan fingerprint density at radius 1 is 0.348 bits per heavy atom. The molecule has 0 aliphatic heterocycles. The van der Waals surface area contributed by atoms with E-state index in [9.17, 15) is 19.8 Å². The maximum absolute atomic E-state index is 12.5. The summed E-state index contributed by atoms with van der Waals surface area (Å²) in [6, 6.07) is -0.543. The Kier molecular flexibility index (Phi) is 58.4. The molecule has 0 aliphatic carbocycles. The van der Waals surface area contributed by atoms with Crippen LogP contribution in [0.2, 0.25) is 0 Å². The first-order valence-electron chi connectivity index (χ1n) is 31.8. The van der Waals surface area contributed by atoms with Crippen LogP contribution < -0.4 is 5.32 Å². The van der Waals surface area contributed by atoms with Gasteiger partial charge < -0.3 is 20.3 Å². The van der Waals surface area contributed by atoms with Crippen LogP contribution in [0.5, 0.6) is 0 Å². The molecular formula is C63H125NO5. The number of amides is 1. The van der Waals surface area contributed by atoms with Gasteiger partial charge in [0.1, 0.15) is 0 Å². The second kappa shape index (κ2) is 59.4. The van der Waals surface area contributed by atoms with Gasteiger partial charge in [-0.05, 0) is 25.7 Å². The third-order valence-electron chi connectivity index (χ3n) is 15.2. The molecule has 0 aromatic rings. The molecule has 0 saturated heterocycles. The number of esters is 1. The smallest absolute Gasteiger partial charge is 0.305 e. The van der Waals surface area contributed by atoms with Crippen molar-refractivity contribution < 1.29 is 24.5 Å². The van der Waals surface area contributed by atoms with E-state index in [1.807, 2.05) is 0 Å². The molecule has 412 valence electrons. The number of aliphatic hydroxyl groups is 2. The van der Waals surface area contributed by atoms with E-state index >= 15 is 0 Å². The van der Waals surface area contributed by atoms with Crippen molar-refractivity contribution in [2.24, 2.45) is 0 Å². The van der Waals surface area contributed by atoms with E-state index < -0.39 is 12.1 Å². The molecule has 3 N–H and O–H groups in total. The summed E-state index contributed by atoms with van der Waals surface area (Å²) in [5.74, 6) is -0.0223. The minimum atomic E-state index is -0.666. The van der Waals surface area contributed by atoms with Gasteiger partial charge in [0, 0.05) is 12.8 Å². The first-order chi connectivity index (χ1) is 34.0. The number of rotatable bonds is 60. The highest BCUT2D eigenvalue weighted by molar-refractivity contribution is 5.76. The van der Waals surface area contributed by atoms with Crippen LogP contribution in [0.4, 0.5) is 0 Å². The van der Waals surface area contributed by atoms with Gasteiger partial charge in [-0.2, -0.15) is 0 Å². The maximum atomic E-state index is 12.5. The van der Waals surface area contributed by atoms with Gasteiger partial charge in [-0.25, -0.2) is 0 Å². The van der Waals surface area contributed by atoms with Crippen LogP contribution >= 0.6 is 0 Å². The predicted octanol–water partition coefficient (Wildman–Crippen LogP) is 19.9. The number of aliphatic hydroxyl groups excluding tert-OH is 2. The second-order valence-corrected chi connectivity index (χ2v) is 22.1. The molecule has 0 bridgehead atoms. The van der Waals surface area contributed by atoms with Gasteiger partial charge in [-0.1, -0.05) is 328 Å². The first-order valence-corrected chi connectivity index (χ1v) is 31.8. The lowest BCUT2D eigenvalue weighted by molar-refractivity contribution is -0.143. The van der Waals surface area contributed by atoms with Crippen LogP contribution in [0.1, 0.15) is 367 Å². The quantitative estimate of drug-likeness (QED) is 0.0417. The lowest BCUT2D eigenvalue weighted by atomic mass is 10.0. The van der Waals surface area contributed by atoms with Crippen LogP contribution in [-0.2, 0) is 14.3 Å². The largest absolute Gasteiger partial charge is 0.466 e. The van der Waals surface area contributed by atoms with Crippen molar-refractivity contribution in [2.75, 3.05) is 13.2 Å². The lowest BCUT2D eigenvalue weighted by Crippen LogP contribution is -2.45. The van der Waals surface area contributed by atoms with Gasteiger partial charge in [0.05, 0.1) is 25.4 Å². The highest BCUT2D eigenvalue weighted by atomic mass is 16.5. The Morgan fingerprint density at radius 2 is 0.594 bits per heavy atom. The molecule has 6 heteroatoms. The number of ether oxygens (including phenoxy) is 1. The van der Waals surface area contributed by atoms with E-state index in [2.05, 4.69) is 19.2 Å². The molecule has 0 rings (SSSR count). The summed E-state index contributed by atoms with van der Waals surface area (Å²) in [5, 5.41) is 23.3. The maximum Gasteiger partial charge on any atom is 0.305 e. The highest BCUT2D eigenvalue weighted by Gasteiger charge is 2.20. The Hall–Kier alpha value is -1.14. The number of hydrogen-bond acceptors (Lipinski definition) is 5. The van der Waals surface area contributed by atoms with E-state index in [0.717, 1.165) is 38.5 Å². The fourth-order valence-electron chi connectivity index (χ4n) is 10.3.